The van der Waals surface area contributed by atoms with Crippen molar-refractivity contribution in [3.8, 4) is 0 Å². The molecule has 0 unspecified atom stereocenters. The van der Waals surface area contributed by atoms with Crippen LogP contribution >= 0.6 is 11.6 Å². The van der Waals surface area contributed by atoms with Crippen molar-refractivity contribution < 1.29 is 26.7 Å². The van der Waals surface area contributed by atoms with Gasteiger partial charge in [-0.1, -0.05) is 6.07 Å². The highest BCUT2D eigenvalue weighted by atomic mass is 35.5. The molecule has 0 heterocycles. The van der Waals surface area contributed by atoms with Crippen LogP contribution in [0.1, 0.15) is 10.4 Å². The molecule has 0 aliphatic heterocycles. The van der Waals surface area contributed by atoms with Crippen molar-refractivity contribution in [2.24, 2.45) is 0 Å². The zero-order valence-corrected chi connectivity index (χ0v) is 10.2. The molecule has 1 amide bonds. The molecule has 0 saturated heterocycles. The van der Waals surface area contributed by atoms with Crippen LogP contribution in [-0.4, -0.2) is 36.0 Å². The Balaban J connectivity index is 3.02. The number of hydrogen-bond donors (Lipinski definition) is 0. The first-order valence-corrected chi connectivity index (χ1v) is 5.65. The van der Waals surface area contributed by atoms with E-state index in [4.69, 9.17) is 11.6 Å². The summed E-state index contributed by atoms with van der Waals surface area (Å²) in [5.74, 6) is -4.29. The van der Waals surface area contributed by atoms with Gasteiger partial charge in [-0.2, -0.15) is 13.2 Å². The van der Waals surface area contributed by atoms with E-state index in [2.05, 4.69) is 0 Å². The molecule has 0 saturated carbocycles. The van der Waals surface area contributed by atoms with E-state index >= 15 is 0 Å². The molecule has 1 rings (SSSR count). The van der Waals surface area contributed by atoms with Crippen molar-refractivity contribution in [2.45, 2.75) is 6.18 Å². The minimum Gasteiger partial charge on any atom is -0.328 e. The topological polar surface area (TPSA) is 20.3 Å². The number of benzene rings is 1. The van der Waals surface area contributed by atoms with E-state index in [0.29, 0.717) is 4.90 Å². The Hall–Kier alpha value is -1.37. The third-order valence-corrected chi connectivity index (χ3v) is 2.36. The van der Waals surface area contributed by atoms with E-state index in [1.54, 1.807) is 0 Å². The Labute approximate surface area is 110 Å². The lowest BCUT2D eigenvalue weighted by atomic mass is 10.1. The van der Waals surface area contributed by atoms with Crippen LogP contribution in [0.2, 0.25) is 0 Å². The van der Waals surface area contributed by atoms with Crippen LogP contribution in [0.5, 0.6) is 0 Å². The highest BCUT2D eigenvalue weighted by Gasteiger charge is 2.34. The first-order chi connectivity index (χ1) is 8.76. The summed E-state index contributed by atoms with van der Waals surface area (Å²) in [5.41, 5.74) is -0.755. The molecule has 106 valence electrons. The molecule has 1 aromatic carbocycles. The summed E-state index contributed by atoms with van der Waals surface area (Å²) in [6, 6.07) is 2.72. The number of alkyl halides is 4. The normalized spacial score (nSPS) is 11.5. The first kappa shape index (κ1) is 15.7. The van der Waals surface area contributed by atoms with Gasteiger partial charge in [0.1, 0.15) is 6.54 Å². The predicted molar refractivity (Wildman–Crippen MR) is 59.0 cm³/mol. The molecule has 0 aliphatic carbocycles. The lowest BCUT2D eigenvalue weighted by Crippen LogP contribution is -2.40. The molecular weight excluding hydrogens is 293 g/mol. The molecule has 19 heavy (non-hydrogen) atoms. The molecule has 0 atom stereocenters. The third-order valence-electron chi connectivity index (χ3n) is 2.19. The summed E-state index contributed by atoms with van der Waals surface area (Å²) in [6.07, 6.45) is -4.65. The van der Waals surface area contributed by atoms with Gasteiger partial charge in [-0.25, -0.2) is 8.78 Å². The van der Waals surface area contributed by atoms with Gasteiger partial charge in [0.2, 0.25) is 0 Å². The largest absolute Gasteiger partial charge is 0.406 e. The zero-order valence-electron chi connectivity index (χ0n) is 9.48. The molecule has 0 aromatic heterocycles. The smallest absolute Gasteiger partial charge is 0.328 e. The van der Waals surface area contributed by atoms with Crippen LogP contribution in [-0.2, 0) is 0 Å². The summed E-state index contributed by atoms with van der Waals surface area (Å²) in [7, 11) is 0. The molecule has 8 heteroatoms. The molecule has 2 nitrogen and oxygen atoms in total. The molecule has 0 bridgehead atoms. The fourth-order valence-corrected chi connectivity index (χ4v) is 1.61. The van der Waals surface area contributed by atoms with Crippen molar-refractivity contribution >= 4 is 17.5 Å². The second-order valence-corrected chi connectivity index (χ2v) is 4.01. The van der Waals surface area contributed by atoms with Gasteiger partial charge in [0, 0.05) is 12.4 Å². The number of amides is 1. The SMILES string of the molecule is O=C(c1cccc(F)c1F)N(CCCl)CC(F)(F)F. The van der Waals surface area contributed by atoms with Gasteiger partial charge in [0.05, 0.1) is 5.56 Å². The predicted octanol–water partition coefficient (Wildman–Crippen LogP) is 3.21. The average molecular weight is 302 g/mol. The van der Waals surface area contributed by atoms with Gasteiger partial charge in [-0.05, 0) is 12.1 Å². The second-order valence-electron chi connectivity index (χ2n) is 3.63. The van der Waals surface area contributed by atoms with E-state index in [1.807, 2.05) is 0 Å². The van der Waals surface area contributed by atoms with E-state index < -0.39 is 42.4 Å². The Bertz CT molecular complexity index is 463. The van der Waals surface area contributed by atoms with E-state index in [1.165, 1.54) is 0 Å². The molecule has 0 radical (unpaired) electrons. The monoisotopic (exact) mass is 301 g/mol. The lowest BCUT2D eigenvalue weighted by molar-refractivity contribution is -0.140. The Morgan fingerprint density at radius 1 is 1.26 bits per heavy atom. The van der Waals surface area contributed by atoms with E-state index in [0.717, 1.165) is 18.2 Å². The zero-order chi connectivity index (χ0) is 14.6. The van der Waals surface area contributed by atoms with Crippen molar-refractivity contribution in [3.63, 3.8) is 0 Å². The molecule has 0 fully saturated rings. The number of carbonyl (C=O) groups excluding carboxylic acids is 1. The quantitative estimate of drug-likeness (QED) is 0.618. The second kappa shape index (κ2) is 6.18. The van der Waals surface area contributed by atoms with Crippen molar-refractivity contribution in [1.82, 2.24) is 4.90 Å². The highest BCUT2D eigenvalue weighted by molar-refractivity contribution is 6.18. The van der Waals surface area contributed by atoms with Crippen molar-refractivity contribution in [1.29, 1.82) is 0 Å². The minimum absolute atomic E-state index is 0.251. The van der Waals surface area contributed by atoms with Gasteiger partial charge >= 0.3 is 6.18 Å². The maximum atomic E-state index is 13.3. The maximum Gasteiger partial charge on any atom is 0.406 e. The van der Waals surface area contributed by atoms with Crippen LogP contribution in [0, 0.1) is 11.6 Å². The molecule has 1 aromatic rings. The van der Waals surface area contributed by atoms with Gasteiger partial charge < -0.3 is 4.90 Å². The van der Waals surface area contributed by atoms with Crippen LogP contribution < -0.4 is 0 Å². The van der Waals surface area contributed by atoms with Gasteiger partial charge in [-0.15, -0.1) is 11.6 Å². The van der Waals surface area contributed by atoms with Crippen LogP contribution in [0.3, 0.4) is 0 Å². The summed E-state index contributed by atoms with van der Waals surface area (Å²) >= 11 is 5.30. The first-order valence-electron chi connectivity index (χ1n) is 5.12. The summed E-state index contributed by atoms with van der Waals surface area (Å²) < 4.78 is 63.1. The van der Waals surface area contributed by atoms with Gasteiger partial charge in [-0.3, -0.25) is 4.79 Å². The average Bonchev–Trinajstić information content (AvgIpc) is 2.30. The Morgan fingerprint density at radius 3 is 2.42 bits per heavy atom. The Morgan fingerprint density at radius 2 is 1.89 bits per heavy atom. The molecule has 0 N–H and O–H groups in total. The fraction of sp³-hybridized carbons (Fsp3) is 0.364. The maximum absolute atomic E-state index is 13.3. The van der Waals surface area contributed by atoms with Gasteiger partial charge in [0.25, 0.3) is 5.91 Å². The van der Waals surface area contributed by atoms with E-state index in [9.17, 15) is 26.7 Å². The van der Waals surface area contributed by atoms with Crippen molar-refractivity contribution in [2.75, 3.05) is 19.0 Å². The number of rotatable bonds is 4. The van der Waals surface area contributed by atoms with Crippen molar-refractivity contribution in [3.05, 3.63) is 35.4 Å². The number of hydrogen-bond acceptors (Lipinski definition) is 1. The van der Waals surface area contributed by atoms with Crippen LogP contribution in [0.4, 0.5) is 22.0 Å². The number of halogens is 6. The van der Waals surface area contributed by atoms with Crippen LogP contribution in [0.15, 0.2) is 18.2 Å². The Kier molecular flexibility index (Phi) is 5.11. The number of nitrogens with zero attached hydrogens (tertiary/aromatic N) is 1. The van der Waals surface area contributed by atoms with Gasteiger partial charge in [0.15, 0.2) is 11.6 Å². The summed E-state index contributed by atoms with van der Waals surface area (Å²) in [6.45, 7) is -2.00. The highest BCUT2D eigenvalue weighted by Crippen LogP contribution is 2.20. The lowest BCUT2D eigenvalue weighted by Gasteiger charge is -2.23. The van der Waals surface area contributed by atoms with Crippen LogP contribution in [0.25, 0.3) is 0 Å². The molecule has 0 aliphatic rings. The number of carbonyl (C=O) groups is 1. The van der Waals surface area contributed by atoms with E-state index in [-0.39, 0.29) is 5.88 Å². The molecule has 0 spiro atoms. The minimum atomic E-state index is -4.65. The fourth-order valence-electron chi connectivity index (χ4n) is 1.41. The third kappa shape index (κ3) is 4.34. The standard InChI is InChI=1S/C11H9ClF5NO/c12-4-5-18(6-11(15,16)17)10(19)7-2-1-3-8(13)9(7)14/h1-3H,4-6H2. The summed E-state index contributed by atoms with van der Waals surface area (Å²) in [4.78, 5) is 12.1. The molecular formula is C11H9ClF5NO. The summed E-state index contributed by atoms with van der Waals surface area (Å²) in [5, 5.41) is 0.